The molecule has 0 bridgehead atoms. The maximum Gasteiger partial charge on any atom is 0.0418 e. The van der Waals surface area contributed by atoms with Crippen molar-refractivity contribution in [3.63, 3.8) is 0 Å². The van der Waals surface area contributed by atoms with Gasteiger partial charge in [0.05, 0.1) is 0 Å². The van der Waals surface area contributed by atoms with E-state index in [4.69, 9.17) is 5.73 Å². The molecular formula is C6H12N2. The molecule has 2 heteroatoms. The van der Waals surface area contributed by atoms with Gasteiger partial charge in [0.15, 0.2) is 0 Å². The van der Waals surface area contributed by atoms with Gasteiger partial charge in [-0.2, -0.15) is 0 Å². The van der Waals surface area contributed by atoms with Gasteiger partial charge in [0, 0.05) is 18.6 Å². The van der Waals surface area contributed by atoms with E-state index in [2.05, 4.69) is 18.8 Å². The molecule has 0 rings (SSSR count). The molecule has 0 radical (unpaired) electrons. The van der Waals surface area contributed by atoms with Crippen molar-refractivity contribution < 1.29 is 0 Å². The van der Waals surface area contributed by atoms with Gasteiger partial charge < -0.3 is 5.73 Å². The van der Waals surface area contributed by atoms with Crippen molar-refractivity contribution in [1.82, 2.24) is 0 Å². The van der Waals surface area contributed by atoms with Crippen LogP contribution in [0, 0.1) is 5.92 Å². The molecule has 0 atom stereocenters. The lowest BCUT2D eigenvalue weighted by atomic mass is 10.3. The molecule has 2 nitrogen and oxygen atoms in total. The molecule has 0 amide bonds. The Bertz CT molecular complexity index is 92.7. The lowest BCUT2D eigenvalue weighted by molar-refractivity contribution is 0.907. The Morgan fingerprint density at radius 3 is 2.50 bits per heavy atom. The lowest BCUT2D eigenvalue weighted by Gasteiger charge is -1.87. The highest BCUT2D eigenvalue weighted by Gasteiger charge is 1.79. The first-order chi connectivity index (χ1) is 3.77. The summed E-state index contributed by atoms with van der Waals surface area (Å²) in [6.45, 7) is 4.13. The van der Waals surface area contributed by atoms with Crippen molar-refractivity contribution in [2.75, 3.05) is 0 Å². The van der Waals surface area contributed by atoms with Crippen LogP contribution in [0.1, 0.15) is 13.8 Å². The van der Waals surface area contributed by atoms with Crippen LogP contribution in [0.25, 0.3) is 0 Å². The van der Waals surface area contributed by atoms with E-state index >= 15 is 0 Å². The summed E-state index contributed by atoms with van der Waals surface area (Å²) in [5.41, 5.74) is 5.02. The Morgan fingerprint density at radius 1 is 1.50 bits per heavy atom. The molecule has 0 aliphatic heterocycles. The Labute approximate surface area is 50.1 Å². The molecule has 2 N–H and O–H groups in total. The molecule has 0 aromatic heterocycles. The zero-order valence-electron chi connectivity index (χ0n) is 5.33. The molecule has 0 fully saturated rings. The van der Waals surface area contributed by atoms with Crippen LogP contribution in [-0.4, -0.2) is 6.21 Å². The maximum atomic E-state index is 5.02. The van der Waals surface area contributed by atoms with Crippen LogP contribution < -0.4 is 5.73 Å². The number of nitrogens with two attached hydrogens (primary N) is 1. The van der Waals surface area contributed by atoms with Crippen molar-refractivity contribution in [1.29, 1.82) is 0 Å². The first-order valence-electron chi connectivity index (χ1n) is 2.67. The number of hydrogen-bond donors (Lipinski definition) is 1. The summed E-state index contributed by atoms with van der Waals surface area (Å²) in [5, 5.41) is 0. The average Bonchev–Trinajstić information content (AvgIpc) is 1.66. The van der Waals surface area contributed by atoms with Gasteiger partial charge in [0.1, 0.15) is 0 Å². The van der Waals surface area contributed by atoms with Gasteiger partial charge in [0.2, 0.25) is 0 Å². The summed E-state index contributed by atoms with van der Waals surface area (Å²) < 4.78 is 0. The fraction of sp³-hybridized carbons (Fsp3) is 0.500. The fourth-order valence-corrected chi connectivity index (χ4v) is 0.272. The van der Waals surface area contributed by atoms with Gasteiger partial charge in [-0.25, -0.2) is 0 Å². The van der Waals surface area contributed by atoms with E-state index in [0.29, 0.717) is 5.92 Å². The van der Waals surface area contributed by atoms with Crippen LogP contribution in [0.4, 0.5) is 0 Å². The quantitative estimate of drug-likeness (QED) is 0.534. The summed E-state index contributed by atoms with van der Waals surface area (Å²) >= 11 is 0. The lowest BCUT2D eigenvalue weighted by Crippen LogP contribution is -1.85. The normalized spacial score (nSPS) is 12.4. The van der Waals surface area contributed by atoms with Crippen molar-refractivity contribution in [3.8, 4) is 0 Å². The monoisotopic (exact) mass is 112 g/mol. The van der Waals surface area contributed by atoms with E-state index in [9.17, 15) is 0 Å². The van der Waals surface area contributed by atoms with Gasteiger partial charge >= 0.3 is 0 Å². The topological polar surface area (TPSA) is 38.4 Å². The third-order valence-corrected chi connectivity index (χ3v) is 0.556. The molecule has 0 spiro atoms. The van der Waals surface area contributed by atoms with E-state index in [1.54, 1.807) is 6.20 Å². The van der Waals surface area contributed by atoms with Crippen molar-refractivity contribution >= 4 is 6.21 Å². The minimum Gasteiger partial charge on any atom is -0.403 e. The highest BCUT2D eigenvalue weighted by Crippen LogP contribution is 1.84. The molecule has 0 aliphatic carbocycles. The summed E-state index contributed by atoms with van der Waals surface area (Å²) in [6, 6.07) is 0. The van der Waals surface area contributed by atoms with Crippen LogP contribution in [0.15, 0.2) is 17.4 Å². The smallest absolute Gasteiger partial charge is 0.0418 e. The van der Waals surface area contributed by atoms with Crippen LogP contribution in [-0.2, 0) is 0 Å². The number of nitrogens with zero attached hydrogens (tertiary/aromatic N) is 1. The van der Waals surface area contributed by atoms with Crippen LogP contribution in [0.2, 0.25) is 0 Å². The van der Waals surface area contributed by atoms with Crippen LogP contribution >= 0.6 is 0 Å². The predicted octanol–water partition coefficient (Wildman–Crippen LogP) is 1.14. The van der Waals surface area contributed by atoms with Gasteiger partial charge in [-0.1, -0.05) is 13.8 Å². The summed E-state index contributed by atoms with van der Waals surface area (Å²) in [5.74, 6) is 0.506. The third kappa shape index (κ3) is 5.21. The Balaban J connectivity index is 3.34. The number of hydrogen-bond acceptors (Lipinski definition) is 2. The van der Waals surface area contributed by atoms with Crippen molar-refractivity contribution in [3.05, 3.63) is 12.4 Å². The second-order valence-corrected chi connectivity index (χ2v) is 1.88. The standard InChI is InChI=1S/C6H12N2/c1-6(2)5-8-4-3-7/h3-6H,7H2,1-2H3/b4-3-,8-5?. The largest absolute Gasteiger partial charge is 0.403 e. The summed E-state index contributed by atoms with van der Waals surface area (Å²) in [4.78, 5) is 3.86. The average molecular weight is 112 g/mol. The molecule has 0 unspecified atom stereocenters. The van der Waals surface area contributed by atoms with Gasteiger partial charge in [-0.3, -0.25) is 4.99 Å². The molecule has 0 aromatic rings. The zero-order chi connectivity index (χ0) is 6.41. The SMILES string of the molecule is CC(C)C=N/C=C\N. The molecule has 0 saturated carbocycles. The predicted molar refractivity (Wildman–Crippen MR) is 36.7 cm³/mol. The third-order valence-electron chi connectivity index (χ3n) is 0.556. The maximum absolute atomic E-state index is 5.02. The summed E-state index contributed by atoms with van der Waals surface area (Å²) in [6.07, 6.45) is 4.82. The second-order valence-electron chi connectivity index (χ2n) is 1.88. The molecule has 46 valence electrons. The Morgan fingerprint density at radius 2 is 2.12 bits per heavy atom. The number of rotatable bonds is 2. The van der Waals surface area contributed by atoms with E-state index in [1.807, 2.05) is 6.21 Å². The number of aliphatic imine (C=N–C) groups is 1. The van der Waals surface area contributed by atoms with Crippen molar-refractivity contribution in [2.24, 2.45) is 16.6 Å². The molecular weight excluding hydrogens is 100 g/mol. The first kappa shape index (κ1) is 7.21. The van der Waals surface area contributed by atoms with E-state index in [1.165, 1.54) is 6.20 Å². The molecule has 0 aromatic carbocycles. The minimum atomic E-state index is 0.506. The second kappa shape index (κ2) is 4.37. The van der Waals surface area contributed by atoms with E-state index in [0.717, 1.165) is 0 Å². The fourth-order valence-electron chi connectivity index (χ4n) is 0.272. The van der Waals surface area contributed by atoms with E-state index < -0.39 is 0 Å². The van der Waals surface area contributed by atoms with Gasteiger partial charge in [-0.15, -0.1) is 0 Å². The first-order valence-corrected chi connectivity index (χ1v) is 2.67. The summed E-state index contributed by atoms with van der Waals surface area (Å²) in [7, 11) is 0. The zero-order valence-corrected chi connectivity index (χ0v) is 5.33. The molecule has 0 saturated heterocycles. The van der Waals surface area contributed by atoms with Crippen LogP contribution in [0.3, 0.4) is 0 Å². The Kier molecular flexibility index (Phi) is 3.94. The minimum absolute atomic E-state index is 0.506. The van der Waals surface area contributed by atoms with Crippen LogP contribution in [0.5, 0.6) is 0 Å². The van der Waals surface area contributed by atoms with E-state index in [-0.39, 0.29) is 0 Å². The van der Waals surface area contributed by atoms with Crippen molar-refractivity contribution in [2.45, 2.75) is 13.8 Å². The molecule has 0 aliphatic rings. The molecule has 0 heterocycles. The highest BCUT2D eigenvalue weighted by molar-refractivity contribution is 5.60. The van der Waals surface area contributed by atoms with Gasteiger partial charge in [0.25, 0.3) is 0 Å². The Hall–Kier alpha value is -0.790. The highest BCUT2D eigenvalue weighted by atomic mass is 14.7. The van der Waals surface area contributed by atoms with Gasteiger partial charge in [-0.05, 0) is 5.92 Å². The molecule has 8 heavy (non-hydrogen) atoms.